The zero-order valence-corrected chi connectivity index (χ0v) is 11.6. The highest BCUT2D eigenvalue weighted by molar-refractivity contribution is 5.91. The molecule has 3 heterocycles. The van der Waals surface area contributed by atoms with Gasteiger partial charge in [-0.05, 0) is 32.1 Å². The van der Waals surface area contributed by atoms with Crippen LogP contribution in [-0.4, -0.2) is 23.1 Å². The standard InChI is InChI=1S/C14H20O5/c1-8-4-5-11(9(2)15)14-10(8)6-7-13(3,18-19-14)17-12(14)16/h8,10-11H,4-7H2,1-3H3/t8-,10+,11+,13+,14-/m1/s1. The molecule has 0 aromatic heterocycles. The third-order valence-corrected chi connectivity index (χ3v) is 5.05. The van der Waals surface area contributed by atoms with Crippen LogP contribution in [0.25, 0.3) is 0 Å². The van der Waals surface area contributed by atoms with Gasteiger partial charge in [-0.2, -0.15) is 4.89 Å². The number of hydrogen-bond acceptors (Lipinski definition) is 5. The van der Waals surface area contributed by atoms with Crippen molar-refractivity contribution in [1.82, 2.24) is 0 Å². The molecule has 4 rings (SSSR count). The molecule has 0 unspecified atom stereocenters. The SMILES string of the molecule is CC(=O)[C@@H]1CC[C@@H](C)[C@@H]2CC[C@]3(C)OO[C@@]12C(=O)O3. The topological polar surface area (TPSA) is 61.8 Å². The molecule has 4 fully saturated rings. The van der Waals surface area contributed by atoms with Crippen LogP contribution in [0.1, 0.15) is 46.5 Å². The van der Waals surface area contributed by atoms with E-state index in [1.807, 2.05) is 0 Å². The minimum atomic E-state index is -1.22. The monoisotopic (exact) mass is 268 g/mol. The lowest BCUT2D eigenvalue weighted by molar-refractivity contribution is -0.481. The van der Waals surface area contributed by atoms with Gasteiger partial charge < -0.3 is 4.74 Å². The fourth-order valence-corrected chi connectivity index (χ4v) is 3.94. The molecule has 0 N–H and O–H groups in total. The Morgan fingerprint density at radius 2 is 2.00 bits per heavy atom. The van der Waals surface area contributed by atoms with Gasteiger partial charge in [0, 0.05) is 19.3 Å². The highest BCUT2D eigenvalue weighted by Crippen LogP contribution is 2.54. The van der Waals surface area contributed by atoms with Crippen molar-refractivity contribution in [3.63, 3.8) is 0 Å². The van der Waals surface area contributed by atoms with Crippen LogP contribution in [0.4, 0.5) is 0 Å². The average molecular weight is 268 g/mol. The van der Waals surface area contributed by atoms with E-state index in [9.17, 15) is 9.59 Å². The molecular formula is C14H20O5. The maximum Gasteiger partial charge on any atom is 0.345 e. The minimum Gasteiger partial charge on any atom is -0.428 e. The Bertz CT molecular complexity index is 434. The summed E-state index contributed by atoms with van der Waals surface area (Å²) in [7, 11) is 0. The molecular weight excluding hydrogens is 248 g/mol. The van der Waals surface area contributed by atoms with Gasteiger partial charge in [-0.25, -0.2) is 9.68 Å². The maximum absolute atomic E-state index is 12.5. The summed E-state index contributed by atoms with van der Waals surface area (Å²) >= 11 is 0. The fourth-order valence-electron chi connectivity index (χ4n) is 3.94. The van der Waals surface area contributed by atoms with Gasteiger partial charge in [-0.1, -0.05) is 6.92 Å². The molecule has 0 radical (unpaired) electrons. The Balaban J connectivity index is 2.09. The van der Waals surface area contributed by atoms with Gasteiger partial charge in [0.25, 0.3) is 0 Å². The molecule has 5 heteroatoms. The summed E-state index contributed by atoms with van der Waals surface area (Å²) in [6, 6.07) is 0. The Kier molecular flexibility index (Phi) is 2.77. The quantitative estimate of drug-likeness (QED) is 0.537. The summed E-state index contributed by atoms with van der Waals surface area (Å²) in [6.07, 6.45) is 2.99. The summed E-state index contributed by atoms with van der Waals surface area (Å²) in [4.78, 5) is 35.4. The highest BCUT2D eigenvalue weighted by atomic mass is 17.3. The van der Waals surface area contributed by atoms with E-state index in [1.165, 1.54) is 6.92 Å². The first-order valence-electron chi connectivity index (χ1n) is 7.00. The third-order valence-electron chi connectivity index (χ3n) is 5.05. The van der Waals surface area contributed by atoms with Crippen molar-refractivity contribution in [3.05, 3.63) is 0 Å². The molecule has 0 aromatic rings. The van der Waals surface area contributed by atoms with Crippen molar-refractivity contribution in [3.8, 4) is 0 Å². The van der Waals surface area contributed by atoms with E-state index >= 15 is 0 Å². The Morgan fingerprint density at radius 3 is 2.63 bits per heavy atom. The second-order valence-corrected chi connectivity index (χ2v) is 6.35. The molecule has 1 aliphatic carbocycles. The van der Waals surface area contributed by atoms with Gasteiger partial charge >= 0.3 is 5.97 Å². The van der Waals surface area contributed by atoms with Crippen LogP contribution < -0.4 is 0 Å². The zero-order valence-electron chi connectivity index (χ0n) is 11.6. The highest BCUT2D eigenvalue weighted by Gasteiger charge is 2.66. The number of Topliss-reactive ketones (excluding diaryl/α,β-unsaturated/α-hetero) is 1. The van der Waals surface area contributed by atoms with E-state index < -0.39 is 23.3 Å². The van der Waals surface area contributed by atoms with Crippen LogP contribution in [0.2, 0.25) is 0 Å². The zero-order chi connectivity index (χ0) is 13.8. The van der Waals surface area contributed by atoms with Crippen LogP contribution in [0.15, 0.2) is 0 Å². The largest absolute Gasteiger partial charge is 0.428 e. The Hall–Kier alpha value is -0.940. The number of carbonyl (C=O) groups is 2. The smallest absolute Gasteiger partial charge is 0.345 e. The van der Waals surface area contributed by atoms with E-state index in [1.54, 1.807) is 6.92 Å². The second kappa shape index (κ2) is 4.03. The normalized spacial score (nSPS) is 49.2. The second-order valence-electron chi connectivity index (χ2n) is 6.35. The van der Waals surface area contributed by atoms with Crippen molar-refractivity contribution < 1.29 is 24.1 Å². The van der Waals surface area contributed by atoms with E-state index in [0.29, 0.717) is 18.8 Å². The number of carbonyl (C=O) groups excluding carboxylic acids is 2. The van der Waals surface area contributed by atoms with Crippen molar-refractivity contribution in [1.29, 1.82) is 0 Å². The average Bonchev–Trinajstić information content (AvgIpc) is 2.54. The molecule has 4 aliphatic rings. The predicted octanol–water partition coefficient (Wildman–Crippen LogP) is 1.99. The first kappa shape index (κ1) is 13.1. The summed E-state index contributed by atoms with van der Waals surface area (Å²) in [5.74, 6) is -1.58. The van der Waals surface area contributed by atoms with E-state index in [-0.39, 0.29) is 11.7 Å². The molecule has 1 spiro atoms. The molecule has 2 bridgehead atoms. The van der Waals surface area contributed by atoms with Gasteiger partial charge in [-0.15, -0.1) is 0 Å². The van der Waals surface area contributed by atoms with E-state index in [4.69, 9.17) is 14.5 Å². The lowest BCUT2D eigenvalue weighted by Gasteiger charge is -2.48. The van der Waals surface area contributed by atoms with E-state index in [0.717, 1.165) is 12.8 Å². The molecule has 19 heavy (non-hydrogen) atoms. The number of esters is 1. The summed E-state index contributed by atoms with van der Waals surface area (Å²) < 4.78 is 5.45. The molecule has 106 valence electrons. The Morgan fingerprint density at radius 1 is 1.26 bits per heavy atom. The number of hydrogen-bond donors (Lipinski definition) is 0. The van der Waals surface area contributed by atoms with Gasteiger partial charge in [0.05, 0.1) is 5.92 Å². The molecule has 0 aromatic carbocycles. The van der Waals surface area contributed by atoms with Crippen molar-refractivity contribution >= 4 is 11.8 Å². The van der Waals surface area contributed by atoms with Gasteiger partial charge in [0.15, 0.2) is 0 Å². The minimum absolute atomic E-state index is 0.00743. The Labute approximate surface area is 112 Å². The van der Waals surface area contributed by atoms with Crippen molar-refractivity contribution in [2.45, 2.75) is 57.8 Å². The number of fused-ring (bicyclic) bond motifs is 3. The van der Waals surface area contributed by atoms with Gasteiger partial charge in [-0.3, -0.25) is 4.79 Å². The molecule has 5 nitrogen and oxygen atoms in total. The first-order chi connectivity index (χ1) is 8.89. The lowest BCUT2D eigenvalue weighted by Crippen LogP contribution is -2.63. The van der Waals surface area contributed by atoms with Crippen molar-refractivity contribution in [2.24, 2.45) is 17.8 Å². The molecule has 3 saturated heterocycles. The van der Waals surface area contributed by atoms with E-state index in [2.05, 4.69) is 6.92 Å². The van der Waals surface area contributed by atoms with Gasteiger partial charge in [0.1, 0.15) is 5.78 Å². The molecule has 5 atom stereocenters. The molecule has 3 aliphatic heterocycles. The van der Waals surface area contributed by atoms with Gasteiger partial charge in [0.2, 0.25) is 11.4 Å². The number of ether oxygens (including phenoxy) is 1. The van der Waals surface area contributed by atoms with Crippen LogP contribution in [0.3, 0.4) is 0 Å². The van der Waals surface area contributed by atoms with Crippen molar-refractivity contribution in [2.75, 3.05) is 0 Å². The number of ketones is 1. The lowest BCUT2D eigenvalue weighted by atomic mass is 9.61. The third kappa shape index (κ3) is 1.68. The summed E-state index contributed by atoms with van der Waals surface area (Å²) in [5, 5.41) is 0. The maximum atomic E-state index is 12.5. The van der Waals surface area contributed by atoms with Crippen LogP contribution in [0.5, 0.6) is 0 Å². The van der Waals surface area contributed by atoms with Crippen LogP contribution in [-0.2, 0) is 24.1 Å². The fraction of sp³-hybridized carbons (Fsp3) is 0.857. The van der Waals surface area contributed by atoms with Crippen LogP contribution in [0, 0.1) is 17.8 Å². The van der Waals surface area contributed by atoms with Crippen LogP contribution >= 0.6 is 0 Å². The number of rotatable bonds is 1. The summed E-state index contributed by atoms with van der Waals surface area (Å²) in [5.41, 5.74) is -1.22. The molecule has 0 amide bonds. The summed E-state index contributed by atoms with van der Waals surface area (Å²) in [6.45, 7) is 5.34. The predicted molar refractivity (Wildman–Crippen MR) is 64.7 cm³/mol. The first-order valence-corrected chi connectivity index (χ1v) is 7.00. The molecule has 1 saturated carbocycles.